The molecule has 0 saturated heterocycles. The predicted octanol–water partition coefficient (Wildman–Crippen LogP) is 13.5. The van der Waals surface area contributed by atoms with Crippen molar-refractivity contribution in [2.24, 2.45) is 0 Å². The van der Waals surface area contributed by atoms with E-state index in [0.29, 0.717) is 11.4 Å². The second kappa shape index (κ2) is 13.7. The summed E-state index contributed by atoms with van der Waals surface area (Å²) in [4.78, 5) is 12.7. The first kappa shape index (κ1) is 34.0. The molecule has 1 spiro atoms. The summed E-state index contributed by atoms with van der Waals surface area (Å²) in [5.74, 6) is 0.695. The molecule has 0 fully saturated rings. The van der Waals surface area contributed by atoms with Gasteiger partial charge in [-0.15, -0.1) is 0 Å². The predicted molar refractivity (Wildman–Crippen MR) is 235 cm³/mol. The molecule has 1 aliphatic carbocycles. The Kier molecular flexibility index (Phi) is 8.03. The molecular formula is C54H33N3S. The van der Waals surface area contributed by atoms with E-state index >= 15 is 0 Å². The maximum absolute atomic E-state index is 9.54. The van der Waals surface area contributed by atoms with Gasteiger partial charge in [0.25, 0.3) is 0 Å². The Balaban J connectivity index is 1.08. The molecular weight excluding hydrogens is 723 g/mol. The van der Waals surface area contributed by atoms with E-state index in [0.717, 1.165) is 39.2 Å². The van der Waals surface area contributed by atoms with Crippen LogP contribution < -0.4 is 0 Å². The van der Waals surface area contributed by atoms with E-state index in [-0.39, 0.29) is 0 Å². The quantitative estimate of drug-likeness (QED) is 0.175. The molecule has 3 nitrogen and oxygen atoms in total. The highest BCUT2D eigenvalue weighted by Gasteiger charge is 2.51. The average molecular weight is 756 g/mol. The lowest BCUT2D eigenvalue weighted by molar-refractivity contribution is 0.723. The van der Waals surface area contributed by atoms with E-state index in [1.807, 2.05) is 60.3 Å². The first-order chi connectivity index (χ1) is 28.7. The van der Waals surface area contributed by atoms with Gasteiger partial charge < -0.3 is 0 Å². The number of aromatic nitrogens is 2. The molecule has 1 aliphatic heterocycles. The van der Waals surface area contributed by atoms with Gasteiger partial charge in [0.15, 0.2) is 5.82 Å². The maximum Gasteiger partial charge on any atom is 0.160 e. The molecule has 8 aromatic carbocycles. The molecule has 0 N–H and O–H groups in total. The summed E-state index contributed by atoms with van der Waals surface area (Å²) >= 11 is 1.85. The fourth-order valence-corrected chi connectivity index (χ4v) is 10.4. The Bertz CT molecular complexity index is 3020. The molecule has 1 unspecified atom stereocenters. The number of hydrogen-bond acceptors (Lipinski definition) is 4. The number of benzene rings is 8. The third kappa shape index (κ3) is 5.29. The molecule has 9 aromatic rings. The summed E-state index contributed by atoms with van der Waals surface area (Å²) in [6.07, 6.45) is 0. The first-order valence-corrected chi connectivity index (χ1v) is 20.3. The lowest BCUT2D eigenvalue weighted by Gasteiger charge is -2.40. The van der Waals surface area contributed by atoms with Crippen molar-refractivity contribution < 1.29 is 0 Å². The third-order valence-electron chi connectivity index (χ3n) is 11.6. The zero-order valence-electron chi connectivity index (χ0n) is 31.3. The van der Waals surface area contributed by atoms with Crippen molar-refractivity contribution in [2.45, 2.75) is 15.2 Å². The second-order valence-corrected chi connectivity index (χ2v) is 15.8. The molecule has 2 heterocycles. The SMILES string of the molecule is N#Cc1ccc(-c2cccc3c2Sc2ccccc2C32c3ccccc3-c3c(-c4ccc(-c5nc(-c6ccccc6)cc(-c6ccccc6)n5)cc4)cccc32)cc1. The van der Waals surface area contributed by atoms with Crippen LogP contribution in [0.15, 0.2) is 210 Å². The number of nitriles is 1. The van der Waals surface area contributed by atoms with Gasteiger partial charge >= 0.3 is 0 Å². The van der Waals surface area contributed by atoms with Crippen molar-refractivity contribution in [2.75, 3.05) is 0 Å². The molecule has 58 heavy (non-hydrogen) atoms. The van der Waals surface area contributed by atoms with Gasteiger partial charge in [-0.25, -0.2) is 9.97 Å². The minimum absolute atomic E-state index is 0.527. The summed E-state index contributed by atoms with van der Waals surface area (Å²) in [6, 6.07) is 73.2. The van der Waals surface area contributed by atoms with Gasteiger partial charge in [0.2, 0.25) is 0 Å². The standard InChI is InChI=1S/C54H33N3S/c55-34-35-25-27-37(28-26-35)42-19-12-23-47-52(42)58-50-24-10-9-21-45(50)54(47)44-20-8-7-17-43(44)51-41(18-11-22-46(51)54)36-29-31-40(32-30-36)53-56-48(38-13-3-1-4-14-38)33-49(57-53)39-15-5-2-6-16-39/h1-33H. The number of hydrogen-bond donors (Lipinski definition) is 0. The minimum atomic E-state index is -0.527. The van der Waals surface area contributed by atoms with Gasteiger partial charge in [-0.2, -0.15) is 5.26 Å². The van der Waals surface area contributed by atoms with Gasteiger partial charge in [0, 0.05) is 26.5 Å². The van der Waals surface area contributed by atoms with E-state index in [9.17, 15) is 5.26 Å². The van der Waals surface area contributed by atoms with Crippen LogP contribution in [0.4, 0.5) is 0 Å². The van der Waals surface area contributed by atoms with Crippen LogP contribution in [0.5, 0.6) is 0 Å². The molecule has 1 aromatic heterocycles. The number of rotatable bonds is 5. The molecule has 0 saturated carbocycles. The van der Waals surface area contributed by atoms with Crippen molar-refractivity contribution in [1.29, 1.82) is 5.26 Å². The largest absolute Gasteiger partial charge is 0.228 e. The maximum atomic E-state index is 9.54. The van der Waals surface area contributed by atoms with Gasteiger partial charge in [-0.05, 0) is 79.9 Å². The van der Waals surface area contributed by atoms with E-state index < -0.39 is 5.41 Å². The van der Waals surface area contributed by atoms with Crippen LogP contribution in [0.3, 0.4) is 0 Å². The Hall–Kier alpha value is -7.32. The monoisotopic (exact) mass is 755 g/mol. The second-order valence-electron chi connectivity index (χ2n) is 14.8. The van der Waals surface area contributed by atoms with Crippen LogP contribution in [-0.2, 0) is 5.41 Å². The van der Waals surface area contributed by atoms with Crippen LogP contribution in [0, 0.1) is 11.3 Å². The molecule has 0 bridgehead atoms. The fraction of sp³-hybridized carbons (Fsp3) is 0.0185. The summed E-state index contributed by atoms with van der Waals surface area (Å²) < 4.78 is 0. The highest BCUT2D eigenvalue weighted by Crippen LogP contribution is 2.64. The highest BCUT2D eigenvalue weighted by atomic mass is 32.2. The third-order valence-corrected chi connectivity index (χ3v) is 12.9. The Morgan fingerprint density at radius 1 is 0.414 bits per heavy atom. The lowest BCUT2D eigenvalue weighted by Crippen LogP contribution is -2.32. The molecule has 0 radical (unpaired) electrons. The van der Waals surface area contributed by atoms with Crippen LogP contribution in [0.25, 0.3) is 67.3 Å². The fourth-order valence-electron chi connectivity index (χ4n) is 9.05. The van der Waals surface area contributed by atoms with Crippen molar-refractivity contribution in [1.82, 2.24) is 9.97 Å². The van der Waals surface area contributed by atoms with Crippen LogP contribution in [0.2, 0.25) is 0 Å². The van der Waals surface area contributed by atoms with Crippen molar-refractivity contribution in [3.63, 3.8) is 0 Å². The van der Waals surface area contributed by atoms with E-state index in [4.69, 9.17) is 9.97 Å². The van der Waals surface area contributed by atoms with Gasteiger partial charge in [0.05, 0.1) is 28.4 Å². The molecule has 2 aliphatic rings. The van der Waals surface area contributed by atoms with Crippen molar-refractivity contribution >= 4 is 11.8 Å². The summed E-state index contributed by atoms with van der Waals surface area (Å²) in [6.45, 7) is 0. The number of fused-ring (bicyclic) bond motifs is 9. The molecule has 270 valence electrons. The summed E-state index contributed by atoms with van der Waals surface area (Å²) in [5.41, 5.74) is 17.3. The van der Waals surface area contributed by atoms with Crippen LogP contribution >= 0.6 is 11.8 Å². The van der Waals surface area contributed by atoms with Crippen LogP contribution in [0.1, 0.15) is 27.8 Å². The van der Waals surface area contributed by atoms with Gasteiger partial charge in [0.1, 0.15) is 0 Å². The highest BCUT2D eigenvalue weighted by molar-refractivity contribution is 7.99. The van der Waals surface area contributed by atoms with Crippen molar-refractivity contribution in [3.8, 4) is 73.4 Å². The van der Waals surface area contributed by atoms with E-state index in [1.165, 1.54) is 54.3 Å². The normalized spacial score (nSPS) is 14.5. The zero-order valence-corrected chi connectivity index (χ0v) is 32.1. The molecule has 1 atom stereocenters. The molecule has 11 rings (SSSR count). The van der Waals surface area contributed by atoms with Crippen molar-refractivity contribution in [3.05, 3.63) is 228 Å². The molecule has 0 amide bonds. The summed E-state index contributed by atoms with van der Waals surface area (Å²) in [5, 5.41) is 9.54. The minimum Gasteiger partial charge on any atom is -0.228 e. The van der Waals surface area contributed by atoms with E-state index in [2.05, 4.69) is 158 Å². The molecule has 4 heteroatoms. The Labute approximate surface area is 342 Å². The Morgan fingerprint density at radius 3 is 1.62 bits per heavy atom. The van der Waals surface area contributed by atoms with Gasteiger partial charge in [-0.1, -0.05) is 188 Å². The number of nitrogens with zero attached hydrogens (tertiary/aromatic N) is 3. The summed E-state index contributed by atoms with van der Waals surface area (Å²) in [7, 11) is 0. The van der Waals surface area contributed by atoms with Gasteiger partial charge in [-0.3, -0.25) is 0 Å². The lowest BCUT2D eigenvalue weighted by atomic mass is 9.67. The topological polar surface area (TPSA) is 49.6 Å². The Morgan fingerprint density at radius 2 is 0.931 bits per heavy atom. The first-order valence-electron chi connectivity index (χ1n) is 19.5. The van der Waals surface area contributed by atoms with Crippen LogP contribution in [-0.4, -0.2) is 9.97 Å². The van der Waals surface area contributed by atoms with E-state index in [1.54, 1.807) is 0 Å². The zero-order chi connectivity index (χ0) is 38.6. The average Bonchev–Trinajstić information content (AvgIpc) is 3.60. The smallest absolute Gasteiger partial charge is 0.160 e.